The first kappa shape index (κ1) is 46.0. The molecule has 7 rings (SSSR count). The van der Waals surface area contributed by atoms with Crippen LogP contribution >= 0.6 is 31.9 Å². The van der Waals surface area contributed by atoms with Gasteiger partial charge in [-0.15, -0.1) is 0 Å². The largest absolute Gasteiger partial charge is 0.385 e. The van der Waals surface area contributed by atoms with Crippen molar-refractivity contribution < 1.29 is 9.47 Å². The number of ether oxygens (including phenoxy) is 2. The molecule has 0 heterocycles. The zero-order valence-corrected chi connectivity index (χ0v) is 40.8. The Morgan fingerprint density at radius 2 is 0.885 bits per heavy atom. The number of benzene rings is 5. The van der Waals surface area contributed by atoms with Crippen molar-refractivity contribution >= 4 is 31.9 Å². The molecule has 0 amide bonds. The van der Waals surface area contributed by atoms with Crippen LogP contribution in [0.15, 0.2) is 106 Å². The van der Waals surface area contributed by atoms with Gasteiger partial charge in [0.05, 0.1) is 5.41 Å². The molecular weight excluding hydrogens is 876 g/mol. The normalized spacial score (nSPS) is 15.8. The molecule has 5 aromatic carbocycles. The van der Waals surface area contributed by atoms with Crippen LogP contribution in [0.4, 0.5) is 0 Å². The van der Waals surface area contributed by atoms with Gasteiger partial charge in [0.25, 0.3) is 0 Å². The molecule has 4 heteroatoms. The van der Waals surface area contributed by atoms with Crippen molar-refractivity contribution in [1.29, 1.82) is 0 Å². The van der Waals surface area contributed by atoms with Crippen molar-refractivity contribution in [2.75, 3.05) is 26.9 Å². The van der Waals surface area contributed by atoms with Crippen LogP contribution in [0.2, 0.25) is 0 Å². The van der Waals surface area contributed by atoms with Gasteiger partial charge in [-0.3, -0.25) is 0 Å². The maximum Gasteiger partial charge on any atom is 0.0714 e. The zero-order chi connectivity index (χ0) is 42.7. The van der Waals surface area contributed by atoms with E-state index in [-0.39, 0.29) is 5.41 Å². The Morgan fingerprint density at radius 1 is 0.443 bits per heavy atom. The minimum atomic E-state index is -0.488. The molecule has 0 radical (unpaired) electrons. The lowest BCUT2D eigenvalue weighted by Crippen LogP contribution is -2.29. The molecule has 2 aliphatic rings. The topological polar surface area (TPSA) is 18.5 Å². The third-order valence-electron chi connectivity index (χ3n) is 14.0. The van der Waals surface area contributed by atoms with Crippen LogP contribution in [0.3, 0.4) is 0 Å². The fourth-order valence-electron chi connectivity index (χ4n) is 10.9. The van der Waals surface area contributed by atoms with Gasteiger partial charge in [-0.25, -0.2) is 0 Å². The summed E-state index contributed by atoms with van der Waals surface area (Å²) in [5, 5.41) is 0. The monoisotopic (exact) mass is 944 g/mol. The minimum absolute atomic E-state index is 0.00719. The number of hydrogen-bond acceptors (Lipinski definition) is 2. The van der Waals surface area contributed by atoms with Gasteiger partial charge in [-0.05, 0) is 149 Å². The summed E-state index contributed by atoms with van der Waals surface area (Å²) in [6.07, 6.45) is 22.3. The maximum absolute atomic E-state index is 5.72. The van der Waals surface area contributed by atoms with E-state index in [1.54, 1.807) is 18.2 Å². The van der Waals surface area contributed by atoms with Crippen molar-refractivity contribution in [3.05, 3.63) is 151 Å². The number of unbranched alkanes of at least 4 members (excludes halogenated alkanes) is 10. The highest BCUT2D eigenvalue weighted by molar-refractivity contribution is 9.10. The number of halogens is 2. The highest BCUT2D eigenvalue weighted by Crippen LogP contribution is 2.62. The van der Waals surface area contributed by atoms with E-state index in [0.717, 1.165) is 50.0 Å². The van der Waals surface area contributed by atoms with Crippen molar-refractivity contribution in [1.82, 2.24) is 0 Å². The van der Waals surface area contributed by atoms with Gasteiger partial charge in [-0.1, -0.05) is 183 Å². The predicted molar refractivity (Wildman–Crippen MR) is 266 cm³/mol. The molecular formula is C57H70Br2O2. The van der Waals surface area contributed by atoms with E-state index < -0.39 is 5.41 Å². The number of methoxy groups -OCH3 is 1. The molecule has 0 N–H and O–H groups in total. The van der Waals surface area contributed by atoms with E-state index in [4.69, 9.17) is 9.47 Å². The van der Waals surface area contributed by atoms with Crippen LogP contribution in [0.25, 0.3) is 22.3 Å². The van der Waals surface area contributed by atoms with E-state index >= 15 is 0 Å². The van der Waals surface area contributed by atoms with Gasteiger partial charge in [0.15, 0.2) is 0 Å². The van der Waals surface area contributed by atoms with Gasteiger partial charge in [0.1, 0.15) is 0 Å². The highest BCUT2D eigenvalue weighted by Gasteiger charge is 2.50. The second-order valence-electron chi connectivity index (χ2n) is 18.0. The molecule has 0 bridgehead atoms. The standard InChI is InChI=1S/C57H70Br2O2/c1-5-8-10-12-14-16-34-56(35-17-15-13-11-9-6-2)52-38-46(58)30-32-48(52)50-41-55-51(40-53(50)56)49-33-31-47(59)39-54(49)57(55,44-26-22-42(23-27-44)20-18-36-60-4)45-28-24-43(25-29-45)21-19-37-61-7-3/h22-33,38-41H,5-21,34-37H2,1-4H3. The summed E-state index contributed by atoms with van der Waals surface area (Å²) >= 11 is 7.96. The van der Waals surface area contributed by atoms with Gasteiger partial charge >= 0.3 is 0 Å². The second-order valence-corrected chi connectivity index (χ2v) is 19.8. The van der Waals surface area contributed by atoms with Gasteiger partial charge in [-0.2, -0.15) is 0 Å². The second kappa shape index (κ2) is 22.1. The van der Waals surface area contributed by atoms with Gasteiger partial charge in [0.2, 0.25) is 0 Å². The SMILES string of the molecule is CCCCCCCCC1(CCCCCCCC)c2cc(Br)ccc2-c2cc3c(cc21)-c1ccc(Br)cc1C3(c1ccc(CCCOC)cc1)c1ccc(CCCOCC)cc1. The van der Waals surface area contributed by atoms with E-state index in [2.05, 4.69) is 150 Å². The van der Waals surface area contributed by atoms with Gasteiger partial charge < -0.3 is 9.47 Å². The fourth-order valence-corrected chi connectivity index (χ4v) is 11.6. The first-order chi connectivity index (χ1) is 29.9. The Hall–Kier alpha value is -3.02. The third kappa shape index (κ3) is 9.89. The number of aryl methyl sites for hydroxylation is 2. The summed E-state index contributed by atoms with van der Waals surface area (Å²) in [5.41, 5.74) is 16.4. The lowest BCUT2D eigenvalue weighted by atomic mass is 9.66. The molecule has 0 aromatic heterocycles. The molecule has 0 aliphatic heterocycles. The quantitative estimate of drug-likeness (QED) is 0.0533. The number of fused-ring (bicyclic) bond motifs is 6. The number of hydrogen-bond donors (Lipinski definition) is 0. The first-order valence-corrected chi connectivity index (χ1v) is 25.5. The summed E-state index contributed by atoms with van der Waals surface area (Å²) < 4.78 is 13.5. The number of rotatable bonds is 25. The Kier molecular flexibility index (Phi) is 16.6. The molecule has 1 unspecified atom stereocenters. The molecule has 5 aromatic rings. The summed E-state index contributed by atoms with van der Waals surface area (Å²) in [6.45, 7) is 9.07. The van der Waals surface area contributed by atoms with Crippen molar-refractivity contribution in [2.45, 2.75) is 147 Å². The Bertz CT molecular complexity index is 2150. The maximum atomic E-state index is 5.72. The summed E-state index contributed by atoms with van der Waals surface area (Å²) in [6, 6.07) is 38.9. The molecule has 324 valence electrons. The summed E-state index contributed by atoms with van der Waals surface area (Å²) in [7, 11) is 1.80. The van der Waals surface area contributed by atoms with Crippen LogP contribution in [0, 0.1) is 0 Å². The first-order valence-electron chi connectivity index (χ1n) is 24.0. The van der Waals surface area contributed by atoms with Crippen molar-refractivity contribution in [2.24, 2.45) is 0 Å². The minimum Gasteiger partial charge on any atom is -0.385 e. The third-order valence-corrected chi connectivity index (χ3v) is 15.0. The molecule has 1 atom stereocenters. The molecule has 2 nitrogen and oxygen atoms in total. The van der Waals surface area contributed by atoms with Gasteiger partial charge in [0, 0.05) is 41.3 Å². The van der Waals surface area contributed by atoms with Crippen molar-refractivity contribution in [3.63, 3.8) is 0 Å². The smallest absolute Gasteiger partial charge is 0.0714 e. The molecule has 61 heavy (non-hydrogen) atoms. The van der Waals surface area contributed by atoms with Crippen LogP contribution < -0.4 is 0 Å². The molecule has 0 saturated carbocycles. The van der Waals surface area contributed by atoms with Crippen LogP contribution in [0.1, 0.15) is 168 Å². The Morgan fingerprint density at radius 3 is 1.43 bits per heavy atom. The van der Waals surface area contributed by atoms with E-state index in [0.29, 0.717) is 0 Å². The summed E-state index contributed by atoms with van der Waals surface area (Å²) in [5.74, 6) is 0. The lowest BCUT2D eigenvalue weighted by molar-refractivity contribution is 0.145. The summed E-state index contributed by atoms with van der Waals surface area (Å²) in [4.78, 5) is 0. The zero-order valence-electron chi connectivity index (χ0n) is 37.7. The van der Waals surface area contributed by atoms with Crippen LogP contribution in [0.5, 0.6) is 0 Å². The van der Waals surface area contributed by atoms with Crippen LogP contribution in [-0.4, -0.2) is 26.9 Å². The van der Waals surface area contributed by atoms with E-state index in [9.17, 15) is 0 Å². The van der Waals surface area contributed by atoms with E-state index in [1.807, 2.05) is 0 Å². The van der Waals surface area contributed by atoms with Crippen molar-refractivity contribution in [3.8, 4) is 22.3 Å². The molecule has 0 fully saturated rings. The van der Waals surface area contributed by atoms with E-state index in [1.165, 1.54) is 150 Å². The molecule has 2 aliphatic carbocycles. The lowest BCUT2D eigenvalue weighted by Gasteiger charge is -2.35. The Labute approximate surface area is 385 Å². The Balaban J connectivity index is 1.41. The average molecular weight is 947 g/mol. The average Bonchev–Trinajstić information content (AvgIpc) is 3.70. The molecule has 0 spiro atoms. The fraction of sp³-hybridized carbons (Fsp3) is 0.474. The predicted octanol–water partition coefficient (Wildman–Crippen LogP) is 16.9. The van der Waals surface area contributed by atoms with Crippen LogP contribution in [-0.2, 0) is 33.1 Å². The highest BCUT2D eigenvalue weighted by atomic mass is 79.9. The molecule has 0 saturated heterocycles.